The lowest BCUT2D eigenvalue weighted by Crippen LogP contribution is -2.67. The van der Waals surface area contributed by atoms with Crippen LogP contribution >= 0.6 is 0 Å². The molecule has 29 heavy (non-hydrogen) atoms. The molecule has 12 nitrogen and oxygen atoms in total. The van der Waals surface area contributed by atoms with E-state index in [9.17, 15) is 29.3 Å². The number of Topliss-reactive ketones (excluding diaryl/α,β-unsaturated/α-hetero) is 1. The molecular weight excluding hydrogens is 386 g/mol. The van der Waals surface area contributed by atoms with E-state index in [4.69, 9.17) is 11.3 Å². The molecule has 1 fully saturated rings. The number of carbonyl (C=O) groups excluding carboxylic acids is 4. The topological polar surface area (TPSA) is 195 Å². The Balaban J connectivity index is 2.09. The number of esters is 2. The van der Waals surface area contributed by atoms with Crippen molar-refractivity contribution in [3.63, 3.8) is 0 Å². The Morgan fingerprint density at radius 1 is 1.28 bits per heavy atom. The predicted octanol–water partition coefficient (Wildman–Crippen LogP) is -0.384. The number of benzene rings is 1. The number of ketones is 1. The van der Waals surface area contributed by atoms with E-state index in [2.05, 4.69) is 14.8 Å². The van der Waals surface area contributed by atoms with Crippen LogP contribution in [0.3, 0.4) is 0 Å². The highest BCUT2D eigenvalue weighted by Crippen LogP contribution is 2.25. The first-order chi connectivity index (χ1) is 13.6. The maximum absolute atomic E-state index is 12.5. The fourth-order valence-electron chi connectivity index (χ4n) is 2.90. The van der Waals surface area contributed by atoms with Gasteiger partial charge in [-0.3, -0.25) is 19.7 Å². The van der Waals surface area contributed by atoms with E-state index in [0.717, 1.165) is 24.3 Å². The van der Waals surface area contributed by atoms with Gasteiger partial charge >= 0.3 is 17.7 Å². The molecular formula is C17H17N5O7. The van der Waals surface area contributed by atoms with E-state index in [0.29, 0.717) is 0 Å². The highest BCUT2D eigenvalue weighted by atomic mass is 16.6. The van der Waals surface area contributed by atoms with E-state index in [1.165, 1.54) is 6.92 Å². The van der Waals surface area contributed by atoms with Gasteiger partial charge in [0.1, 0.15) is 0 Å². The van der Waals surface area contributed by atoms with Gasteiger partial charge in [-0.25, -0.2) is 9.59 Å². The third-order valence-corrected chi connectivity index (χ3v) is 4.54. The van der Waals surface area contributed by atoms with E-state index >= 15 is 0 Å². The molecule has 0 aromatic heterocycles. The number of ether oxygens (including phenoxy) is 1. The zero-order valence-corrected chi connectivity index (χ0v) is 15.4. The average Bonchev–Trinajstić information content (AvgIpc) is 2.65. The van der Waals surface area contributed by atoms with Crippen LogP contribution in [-0.2, 0) is 19.1 Å². The van der Waals surface area contributed by atoms with Crippen LogP contribution in [0.25, 0.3) is 5.53 Å². The van der Waals surface area contributed by atoms with Crippen molar-refractivity contribution in [2.75, 3.05) is 0 Å². The Morgan fingerprint density at radius 3 is 2.31 bits per heavy atom. The molecule has 1 aliphatic heterocycles. The summed E-state index contributed by atoms with van der Waals surface area (Å²) in [7, 11) is 0. The van der Waals surface area contributed by atoms with Crippen molar-refractivity contribution < 1.29 is 33.6 Å². The summed E-state index contributed by atoms with van der Waals surface area (Å²) in [6.07, 6.45) is 0. The van der Waals surface area contributed by atoms with Gasteiger partial charge in [-0.05, 0) is 19.1 Å². The minimum absolute atomic E-state index is 0.190. The highest BCUT2D eigenvalue weighted by Gasteiger charge is 2.50. The lowest BCUT2D eigenvalue weighted by molar-refractivity contribution is -0.384. The average molecular weight is 403 g/mol. The fraction of sp³-hybridized carbons (Fsp3) is 0.353. The number of β-lactam (4-membered cyclic amide) rings is 1. The van der Waals surface area contributed by atoms with Gasteiger partial charge in [-0.1, -0.05) is 6.92 Å². The van der Waals surface area contributed by atoms with Crippen LogP contribution in [0.4, 0.5) is 5.69 Å². The molecule has 1 aromatic carbocycles. The molecule has 1 aliphatic rings. The minimum Gasteiger partial charge on any atom is -0.380 e. The van der Waals surface area contributed by atoms with Gasteiger partial charge in [0.05, 0.1) is 22.4 Å². The molecule has 2 rings (SSSR count). The number of hydrogen-bond donors (Lipinski definition) is 2. The fourth-order valence-corrected chi connectivity index (χ4v) is 2.90. The normalized spacial score (nSPS) is 19.6. The molecule has 0 spiro atoms. The molecule has 0 radical (unpaired) electrons. The van der Waals surface area contributed by atoms with Crippen LogP contribution in [0.5, 0.6) is 0 Å². The summed E-state index contributed by atoms with van der Waals surface area (Å²) in [6, 6.07) is 2.96. The zero-order valence-electron chi connectivity index (χ0n) is 15.4. The van der Waals surface area contributed by atoms with Crippen LogP contribution in [0, 0.1) is 22.0 Å². The van der Waals surface area contributed by atoms with Crippen LogP contribution < -0.4 is 11.1 Å². The summed E-state index contributed by atoms with van der Waals surface area (Å²) in [6.45, 7) is 2.99. The number of nitrogens with two attached hydrogens (primary N) is 1. The highest BCUT2D eigenvalue weighted by molar-refractivity contribution is 6.63. The summed E-state index contributed by atoms with van der Waals surface area (Å²) in [4.78, 5) is 60.8. The molecule has 0 aliphatic carbocycles. The first-order valence-electron chi connectivity index (χ1n) is 8.41. The Hall–Kier alpha value is -3.76. The molecule has 152 valence electrons. The van der Waals surface area contributed by atoms with Gasteiger partial charge in [-0.2, -0.15) is 4.79 Å². The smallest absolute Gasteiger partial charge is 0.380 e. The van der Waals surface area contributed by atoms with E-state index < -0.39 is 52.3 Å². The Bertz CT molecular complexity index is 934. The third kappa shape index (κ3) is 4.39. The molecule has 1 amide bonds. The second-order valence-corrected chi connectivity index (χ2v) is 6.50. The number of hydrogen-bond acceptors (Lipinski definition) is 8. The minimum atomic E-state index is -1.50. The third-order valence-electron chi connectivity index (χ3n) is 4.54. The summed E-state index contributed by atoms with van der Waals surface area (Å²) >= 11 is 0. The quantitative estimate of drug-likeness (QED) is 0.0897. The van der Waals surface area contributed by atoms with E-state index in [1.807, 2.05) is 0 Å². The van der Waals surface area contributed by atoms with E-state index in [1.54, 1.807) is 6.92 Å². The number of nitro groups is 1. The Morgan fingerprint density at radius 2 is 1.86 bits per heavy atom. The first kappa shape index (κ1) is 21.5. The van der Waals surface area contributed by atoms with Crippen molar-refractivity contribution in [3.05, 3.63) is 45.5 Å². The number of nitrogens with one attached hydrogen (secondary N) is 1. The summed E-state index contributed by atoms with van der Waals surface area (Å²) < 4.78 is 4.52. The maximum atomic E-state index is 12.5. The first-order valence-corrected chi connectivity index (χ1v) is 8.41. The van der Waals surface area contributed by atoms with Gasteiger partial charge in [0.25, 0.3) is 11.5 Å². The van der Waals surface area contributed by atoms with Gasteiger partial charge in [0.2, 0.25) is 5.91 Å². The molecule has 1 heterocycles. The molecule has 1 aromatic rings. The predicted molar refractivity (Wildman–Crippen MR) is 95.4 cm³/mol. The van der Waals surface area contributed by atoms with Gasteiger partial charge < -0.3 is 21.3 Å². The van der Waals surface area contributed by atoms with Gasteiger partial charge in [0.15, 0.2) is 0 Å². The summed E-state index contributed by atoms with van der Waals surface area (Å²) in [5.74, 6) is -5.64. The van der Waals surface area contributed by atoms with Crippen LogP contribution in [-0.4, -0.2) is 51.1 Å². The number of nitro benzene ring substituents is 1. The molecule has 0 saturated carbocycles. The summed E-state index contributed by atoms with van der Waals surface area (Å²) in [5.41, 5.74) is 13.3. The SMILES string of the molecule is CC(N)C1C(=O)NC1C(C)C(=O)C(=[N+]=[N-])C(=O)OC(=O)c1ccc([N+](=O)[O-])cc1. The maximum Gasteiger partial charge on any atom is 0.442 e. The van der Waals surface area contributed by atoms with Crippen LogP contribution in [0.2, 0.25) is 0 Å². The zero-order chi connectivity index (χ0) is 21.9. The second-order valence-electron chi connectivity index (χ2n) is 6.50. The Kier molecular flexibility index (Phi) is 6.32. The largest absolute Gasteiger partial charge is 0.442 e. The lowest BCUT2D eigenvalue weighted by atomic mass is 9.76. The van der Waals surface area contributed by atoms with Crippen molar-refractivity contribution >= 4 is 35.0 Å². The van der Waals surface area contributed by atoms with Gasteiger partial charge in [-0.15, -0.1) is 0 Å². The molecule has 1 saturated heterocycles. The molecule has 3 N–H and O–H groups in total. The number of amides is 1. The number of rotatable bonds is 7. The van der Waals surface area contributed by atoms with Crippen LogP contribution in [0.1, 0.15) is 24.2 Å². The van der Waals surface area contributed by atoms with Crippen molar-refractivity contribution in [3.8, 4) is 0 Å². The van der Waals surface area contributed by atoms with Crippen molar-refractivity contribution in [2.24, 2.45) is 17.6 Å². The Labute approximate surface area is 163 Å². The molecule has 0 bridgehead atoms. The molecule has 4 atom stereocenters. The standard InChI is InChI=1S/C17H17N5O7/c1-7(12-11(8(2)18)15(24)20-12)14(23)13(21-19)17(26)29-16(25)9-3-5-10(6-4-9)22(27)28/h3-8,11-12H,18H2,1-2H3,(H,20,24). The monoisotopic (exact) mass is 403 g/mol. The number of carbonyl (C=O) groups is 4. The van der Waals surface area contributed by atoms with Crippen molar-refractivity contribution in [1.29, 1.82) is 0 Å². The van der Waals surface area contributed by atoms with Crippen molar-refractivity contribution in [2.45, 2.75) is 25.9 Å². The number of non-ortho nitro benzene ring substituents is 1. The van der Waals surface area contributed by atoms with E-state index in [-0.39, 0.29) is 17.2 Å². The van der Waals surface area contributed by atoms with Gasteiger partial charge in [0, 0.05) is 24.1 Å². The summed E-state index contributed by atoms with van der Waals surface area (Å²) in [5, 5.41) is 13.1. The molecule has 12 heteroatoms. The van der Waals surface area contributed by atoms with Crippen molar-refractivity contribution in [1.82, 2.24) is 5.32 Å². The second kappa shape index (κ2) is 8.50. The molecule has 4 unspecified atom stereocenters. The van der Waals surface area contributed by atoms with Crippen LogP contribution in [0.15, 0.2) is 24.3 Å². The number of nitrogens with zero attached hydrogens (tertiary/aromatic N) is 3. The lowest BCUT2D eigenvalue weighted by Gasteiger charge is -2.41.